The number of ether oxygens (including phenoxy) is 1. The minimum absolute atomic E-state index is 0.254. The summed E-state index contributed by atoms with van der Waals surface area (Å²) < 4.78 is 7.72. The molecule has 0 spiro atoms. The van der Waals surface area contributed by atoms with E-state index in [1.807, 2.05) is 25.5 Å². The van der Waals surface area contributed by atoms with Crippen LogP contribution in [0.5, 0.6) is 0 Å². The second-order valence-corrected chi connectivity index (χ2v) is 6.01. The predicted molar refractivity (Wildman–Crippen MR) is 98.0 cm³/mol. The van der Waals surface area contributed by atoms with Crippen LogP contribution in [0.1, 0.15) is 38.8 Å². The summed E-state index contributed by atoms with van der Waals surface area (Å²) in [4.78, 5) is 4.58. The van der Waals surface area contributed by atoms with Gasteiger partial charge in [0.15, 0.2) is 11.8 Å². The molecule has 7 nitrogen and oxygen atoms in total. The van der Waals surface area contributed by atoms with Crippen molar-refractivity contribution in [1.29, 1.82) is 0 Å². The van der Waals surface area contributed by atoms with E-state index in [4.69, 9.17) is 4.74 Å². The Morgan fingerprint density at radius 3 is 2.67 bits per heavy atom. The van der Waals surface area contributed by atoms with Gasteiger partial charge in [0.05, 0.1) is 6.10 Å². The molecular formula is C17H32N6O. The third-order valence-electron chi connectivity index (χ3n) is 3.82. The molecule has 0 aromatic carbocycles. The van der Waals surface area contributed by atoms with E-state index in [1.165, 1.54) is 0 Å². The highest BCUT2D eigenvalue weighted by Crippen LogP contribution is 2.09. The van der Waals surface area contributed by atoms with E-state index >= 15 is 0 Å². The summed E-state index contributed by atoms with van der Waals surface area (Å²) in [7, 11) is 1.94. The van der Waals surface area contributed by atoms with Crippen molar-refractivity contribution in [3.63, 3.8) is 0 Å². The molecule has 0 aliphatic rings. The number of nitrogens with zero attached hydrogens (tertiary/aromatic N) is 4. The van der Waals surface area contributed by atoms with E-state index in [-0.39, 0.29) is 6.10 Å². The van der Waals surface area contributed by atoms with Gasteiger partial charge in [-0.05, 0) is 26.2 Å². The van der Waals surface area contributed by atoms with Gasteiger partial charge in [-0.25, -0.2) is 4.99 Å². The molecule has 0 amide bonds. The molecule has 0 fully saturated rings. The Hall–Kier alpha value is -1.89. The van der Waals surface area contributed by atoms with Crippen molar-refractivity contribution in [3.8, 4) is 0 Å². The third kappa shape index (κ3) is 6.70. The molecule has 0 aliphatic heterocycles. The lowest BCUT2D eigenvalue weighted by Gasteiger charge is -2.21. The van der Waals surface area contributed by atoms with Gasteiger partial charge in [0.25, 0.3) is 0 Å². The summed E-state index contributed by atoms with van der Waals surface area (Å²) in [5.74, 6) is 2.95. The predicted octanol–water partition coefficient (Wildman–Crippen LogP) is 1.80. The number of nitrogens with one attached hydrogen (secondary N) is 2. The average molecular weight is 336 g/mol. The quantitative estimate of drug-likeness (QED) is 0.387. The molecule has 0 bridgehead atoms. The van der Waals surface area contributed by atoms with Gasteiger partial charge in [-0.15, -0.1) is 16.8 Å². The summed E-state index contributed by atoms with van der Waals surface area (Å²) >= 11 is 0. The molecule has 1 aromatic heterocycles. The number of aliphatic imine (C=N–C) groups is 1. The second-order valence-electron chi connectivity index (χ2n) is 6.01. The molecule has 136 valence electrons. The number of guanidine groups is 1. The number of hydrogen-bond donors (Lipinski definition) is 2. The van der Waals surface area contributed by atoms with Gasteiger partial charge in [0.1, 0.15) is 12.4 Å². The Balaban J connectivity index is 2.59. The highest BCUT2D eigenvalue weighted by Gasteiger charge is 2.13. The summed E-state index contributed by atoms with van der Waals surface area (Å²) in [5, 5.41) is 14.8. The normalized spacial score (nSPS) is 13.2. The van der Waals surface area contributed by atoms with E-state index in [9.17, 15) is 0 Å². The van der Waals surface area contributed by atoms with Crippen molar-refractivity contribution in [2.45, 2.75) is 46.8 Å². The van der Waals surface area contributed by atoms with Crippen LogP contribution in [0.2, 0.25) is 0 Å². The Kier molecular flexibility index (Phi) is 9.07. The Morgan fingerprint density at radius 1 is 1.38 bits per heavy atom. The first-order valence-corrected chi connectivity index (χ1v) is 8.59. The molecule has 1 atom stereocenters. The first-order valence-electron chi connectivity index (χ1n) is 8.59. The minimum atomic E-state index is 0.254. The van der Waals surface area contributed by atoms with Gasteiger partial charge >= 0.3 is 0 Å². The van der Waals surface area contributed by atoms with Crippen LogP contribution in [-0.2, 0) is 18.3 Å². The number of aryl methyl sites for hydroxylation is 1. The summed E-state index contributed by atoms with van der Waals surface area (Å²) in [6.07, 6.45) is 2.99. The SMILES string of the molecule is C=CCNC(=NCc1nnc(C)n1C)NCCC(OCC)C(C)C. The third-order valence-corrected chi connectivity index (χ3v) is 3.82. The van der Waals surface area contributed by atoms with E-state index in [2.05, 4.69) is 46.2 Å². The highest BCUT2D eigenvalue weighted by atomic mass is 16.5. The summed E-state index contributed by atoms with van der Waals surface area (Å²) in [6, 6.07) is 0. The van der Waals surface area contributed by atoms with E-state index in [0.717, 1.165) is 37.2 Å². The molecule has 1 rings (SSSR count). The molecule has 0 saturated carbocycles. The van der Waals surface area contributed by atoms with Crippen molar-refractivity contribution in [2.75, 3.05) is 19.7 Å². The first kappa shape index (κ1) is 20.2. The fourth-order valence-electron chi connectivity index (χ4n) is 2.24. The van der Waals surface area contributed by atoms with Gasteiger partial charge in [0.2, 0.25) is 0 Å². The van der Waals surface area contributed by atoms with Gasteiger partial charge in [-0.1, -0.05) is 19.9 Å². The lowest BCUT2D eigenvalue weighted by Crippen LogP contribution is -2.39. The molecule has 1 heterocycles. The molecule has 0 radical (unpaired) electrons. The number of hydrogen-bond acceptors (Lipinski definition) is 4. The van der Waals surface area contributed by atoms with E-state index < -0.39 is 0 Å². The monoisotopic (exact) mass is 336 g/mol. The summed E-state index contributed by atoms with van der Waals surface area (Å²) in [5.41, 5.74) is 0. The van der Waals surface area contributed by atoms with Crippen LogP contribution in [-0.4, -0.2) is 46.5 Å². The molecule has 2 N–H and O–H groups in total. The largest absolute Gasteiger partial charge is 0.378 e. The van der Waals surface area contributed by atoms with Gasteiger partial charge in [-0.3, -0.25) is 0 Å². The van der Waals surface area contributed by atoms with Crippen LogP contribution < -0.4 is 10.6 Å². The van der Waals surface area contributed by atoms with Gasteiger partial charge < -0.3 is 19.9 Å². The van der Waals surface area contributed by atoms with Crippen LogP contribution in [0.3, 0.4) is 0 Å². The van der Waals surface area contributed by atoms with Gasteiger partial charge in [-0.2, -0.15) is 0 Å². The molecule has 7 heteroatoms. The minimum Gasteiger partial charge on any atom is -0.378 e. The standard InChI is InChI=1S/C17H32N6O/c1-7-10-18-17(19-11-9-15(13(3)4)24-8-2)20-12-16-22-21-14(5)23(16)6/h7,13,15H,1,8-12H2,2-6H3,(H2,18,19,20). The van der Waals surface area contributed by atoms with Crippen LogP contribution >= 0.6 is 0 Å². The van der Waals surface area contributed by atoms with E-state index in [0.29, 0.717) is 19.0 Å². The molecule has 24 heavy (non-hydrogen) atoms. The highest BCUT2D eigenvalue weighted by molar-refractivity contribution is 5.79. The maximum atomic E-state index is 5.78. The second kappa shape index (κ2) is 10.8. The lowest BCUT2D eigenvalue weighted by molar-refractivity contribution is 0.0258. The lowest BCUT2D eigenvalue weighted by atomic mass is 10.0. The zero-order valence-electron chi connectivity index (χ0n) is 15.7. The zero-order valence-corrected chi connectivity index (χ0v) is 15.7. The van der Waals surface area contributed by atoms with Crippen LogP contribution in [0.25, 0.3) is 0 Å². The van der Waals surface area contributed by atoms with Crippen molar-refractivity contribution in [1.82, 2.24) is 25.4 Å². The smallest absolute Gasteiger partial charge is 0.191 e. The summed E-state index contributed by atoms with van der Waals surface area (Å²) in [6.45, 7) is 14.7. The molecule has 1 aromatic rings. The van der Waals surface area contributed by atoms with Crippen LogP contribution in [0.15, 0.2) is 17.6 Å². The van der Waals surface area contributed by atoms with Crippen molar-refractivity contribution < 1.29 is 4.74 Å². The molecular weight excluding hydrogens is 304 g/mol. The van der Waals surface area contributed by atoms with Gasteiger partial charge in [0, 0.05) is 26.7 Å². The zero-order chi connectivity index (χ0) is 17.9. The topological polar surface area (TPSA) is 76.4 Å². The maximum Gasteiger partial charge on any atom is 0.191 e. The average Bonchev–Trinajstić information content (AvgIpc) is 2.87. The van der Waals surface area contributed by atoms with Crippen LogP contribution in [0, 0.1) is 12.8 Å². The van der Waals surface area contributed by atoms with Crippen molar-refractivity contribution in [2.24, 2.45) is 18.0 Å². The Morgan fingerprint density at radius 2 is 2.12 bits per heavy atom. The van der Waals surface area contributed by atoms with Crippen molar-refractivity contribution in [3.05, 3.63) is 24.3 Å². The fourth-order valence-corrected chi connectivity index (χ4v) is 2.24. The Bertz CT molecular complexity index is 523. The number of rotatable bonds is 10. The first-order chi connectivity index (χ1) is 11.5. The van der Waals surface area contributed by atoms with Crippen molar-refractivity contribution >= 4 is 5.96 Å². The Labute approximate surface area is 145 Å². The molecule has 0 aliphatic carbocycles. The maximum absolute atomic E-state index is 5.78. The van der Waals surface area contributed by atoms with E-state index in [1.54, 1.807) is 6.08 Å². The van der Waals surface area contributed by atoms with Crippen LogP contribution in [0.4, 0.5) is 0 Å². The fraction of sp³-hybridized carbons (Fsp3) is 0.706. The molecule has 0 saturated heterocycles. The number of aromatic nitrogens is 3. The molecule has 1 unspecified atom stereocenters.